The molecule has 7 nitrogen and oxygen atoms in total. The third-order valence-corrected chi connectivity index (χ3v) is 5.12. The number of thiocarbonyl (C=S) groups is 1. The van der Waals surface area contributed by atoms with Crippen LogP contribution < -0.4 is 5.32 Å². The predicted molar refractivity (Wildman–Crippen MR) is 103 cm³/mol. The third kappa shape index (κ3) is 4.83. The lowest BCUT2D eigenvalue weighted by atomic mass is 10.2. The van der Waals surface area contributed by atoms with Crippen molar-refractivity contribution in [3.63, 3.8) is 0 Å². The number of imidazole rings is 1. The lowest BCUT2D eigenvalue weighted by Gasteiger charge is -2.14. The van der Waals surface area contributed by atoms with Crippen LogP contribution in [-0.2, 0) is 16.0 Å². The number of furan rings is 1. The van der Waals surface area contributed by atoms with E-state index in [9.17, 15) is 9.59 Å². The lowest BCUT2D eigenvalue weighted by Crippen LogP contribution is -2.31. The van der Waals surface area contributed by atoms with Gasteiger partial charge in [-0.2, -0.15) is 0 Å². The van der Waals surface area contributed by atoms with Crippen LogP contribution in [0.3, 0.4) is 0 Å². The first-order valence-electron chi connectivity index (χ1n) is 8.16. The number of thioether (sulfide) groups is 1. The first-order chi connectivity index (χ1) is 12.6. The Morgan fingerprint density at radius 2 is 2.38 bits per heavy atom. The van der Waals surface area contributed by atoms with Crippen molar-refractivity contribution >= 4 is 46.2 Å². The van der Waals surface area contributed by atoms with Crippen LogP contribution in [0.4, 0.5) is 0 Å². The van der Waals surface area contributed by atoms with Crippen LogP contribution in [0.15, 0.2) is 40.2 Å². The maximum atomic E-state index is 12.4. The largest absolute Gasteiger partial charge is 0.465 e. The smallest absolute Gasteiger partial charge is 0.266 e. The minimum absolute atomic E-state index is 0.0407. The fourth-order valence-corrected chi connectivity index (χ4v) is 3.73. The molecule has 26 heavy (non-hydrogen) atoms. The summed E-state index contributed by atoms with van der Waals surface area (Å²) in [4.78, 5) is 33.3. The second kappa shape index (κ2) is 8.81. The molecular weight excluding hydrogens is 372 g/mol. The Balaban J connectivity index is 1.40. The molecule has 0 radical (unpaired) electrons. The van der Waals surface area contributed by atoms with Gasteiger partial charge in [-0.05, 0) is 18.6 Å². The monoisotopic (exact) mass is 390 g/mol. The summed E-state index contributed by atoms with van der Waals surface area (Å²) < 4.78 is 5.74. The van der Waals surface area contributed by atoms with Crippen molar-refractivity contribution in [3.8, 4) is 0 Å². The van der Waals surface area contributed by atoms with E-state index in [-0.39, 0.29) is 11.8 Å². The van der Waals surface area contributed by atoms with E-state index in [4.69, 9.17) is 16.6 Å². The Kier molecular flexibility index (Phi) is 6.24. The molecule has 3 rings (SSSR count). The second-order valence-electron chi connectivity index (χ2n) is 5.63. The molecule has 0 aliphatic carbocycles. The van der Waals surface area contributed by atoms with Crippen molar-refractivity contribution in [2.24, 2.45) is 0 Å². The van der Waals surface area contributed by atoms with E-state index in [1.807, 2.05) is 0 Å². The van der Waals surface area contributed by atoms with Crippen molar-refractivity contribution < 1.29 is 14.0 Å². The molecule has 1 saturated heterocycles. The number of rotatable bonds is 8. The molecule has 0 aromatic carbocycles. The molecule has 0 saturated carbocycles. The number of aromatic nitrogens is 2. The Hall–Kier alpha value is -2.39. The Morgan fingerprint density at radius 1 is 1.50 bits per heavy atom. The molecule has 0 atom stereocenters. The highest BCUT2D eigenvalue weighted by Gasteiger charge is 2.31. The van der Waals surface area contributed by atoms with Gasteiger partial charge in [0.05, 0.1) is 17.5 Å². The SMILES string of the molecule is O=C(CCCN1C(=O)C(=Cc2ccco2)SC1=S)NCCc1cnc[nH]1. The minimum atomic E-state index is -0.143. The van der Waals surface area contributed by atoms with E-state index in [1.165, 1.54) is 16.7 Å². The zero-order valence-electron chi connectivity index (χ0n) is 13.9. The molecule has 2 aromatic rings. The Bertz CT molecular complexity index is 800. The average Bonchev–Trinajstić information content (AvgIpc) is 3.35. The number of nitrogens with zero attached hydrogens (tertiary/aromatic N) is 2. The van der Waals surface area contributed by atoms with Crippen molar-refractivity contribution in [2.75, 3.05) is 13.1 Å². The van der Waals surface area contributed by atoms with E-state index in [2.05, 4.69) is 15.3 Å². The lowest BCUT2D eigenvalue weighted by molar-refractivity contribution is -0.124. The predicted octanol–water partition coefficient (Wildman–Crippen LogP) is 2.34. The van der Waals surface area contributed by atoms with Gasteiger partial charge < -0.3 is 14.7 Å². The molecule has 2 aromatic heterocycles. The number of carbonyl (C=O) groups is 2. The molecular formula is C17H18N4O3S2. The Morgan fingerprint density at radius 3 is 3.12 bits per heavy atom. The number of hydrogen-bond acceptors (Lipinski definition) is 6. The summed E-state index contributed by atoms with van der Waals surface area (Å²) in [6, 6.07) is 3.54. The van der Waals surface area contributed by atoms with Gasteiger partial charge in [0.15, 0.2) is 0 Å². The van der Waals surface area contributed by atoms with Crippen molar-refractivity contribution in [1.82, 2.24) is 20.2 Å². The van der Waals surface area contributed by atoms with Gasteiger partial charge in [0.2, 0.25) is 5.91 Å². The molecule has 0 bridgehead atoms. The van der Waals surface area contributed by atoms with Gasteiger partial charge >= 0.3 is 0 Å². The van der Waals surface area contributed by atoms with Crippen molar-refractivity contribution in [3.05, 3.63) is 47.3 Å². The molecule has 9 heteroatoms. The minimum Gasteiger partial charge on any atom is -0.465 e. The maximum Gasteiger partial charge on any atom is 0.266 e. The van der Waals surface area contributed by atoms with E-state index in [0.717, 1.165) is 5.69 Å². The van der Waals surface area contributed by atoms with Crippen LogP contribution in [0.2, 0.25) is 0 Å². The summed E-state index contributed by atoms with van der Waals surface area (Å²) in [5, 5.41) is 2.86. The van der Waals surface area contributed by atoms with Crippen LogP contribution in [0.5, 0.6) is 0 Å². The number of hydrogen-bond donors (Lipinski definition) is 2. The van der Waals surface area contributed by atoms with Crippen LogP contribution in [0.1, 0.15) is 24.3 Å². The molecule has 2 N–H and O–H groups in total. The number of aromatic amines is 1. The first kappa shape index (κ1) is 18.4. The number of amides is 2. The van der Waals surface area contributed by atoms with Crippen molar-refractivity contribution in [2.45, 2.75) is 19.3 Å². The highest BCUT2D eigenvalue weighted by molar-refractivity contribution is 8.26. The zero-order chi connectivity index (χ0) is 18.4. The fourth-order valence-electron chi connectivity index (χ4n) is 2.44. The maximum absolute atomic E-state index is 12.4. The van der Waals surface area contributed by atoms with E-state index >= 15 is 0 Å². The quantitative estimate of drug-likeness (QED) is 0.531. The summed E-state index contributed by atoms with van der Waals surface area (Å²) in [7, 11) is 0. The molecule has 2 amide bonds. The summed E-state index contributed by atoms with van der Waals surface area (Å²) in [5.41, 5.74) is 0.978. The van der Waals surface area contributed by atoms with E-state index < -0.39 is 0 Å². The van der Waals surface area contributed by atoms with E-state index in [0.29, 0.717) is 47.3 Å². The molecule has 1 aliphatic rings. The topological polar surface area (TPSA) is 91.2 Å². The normalized spacial score (nSPS) is 15.8. The van der Waals surface area contributed by atoms with Crippen LogP contribution in [-0.4, -0.2) is 44.1 Å². The van der Waals surface area contributed by atoms with E-state index in [1.54, 1.807) is 37.0 Å². The van der Waals surface area contributed by atoms with Crippen LogP contribution in [0.25, 0.3) is 6.08 Å². The second-order valence-corrected chi connectivity index (χ2v) is 7.30. The van der Waals surface area contributed by atoms with Crippen LogP contribution >= 0.6 is 24.0 Å². The average molecular weight is 390 g/mol. The van der Waals surface area contributed by atoms with Gasteiger partial charge in [0.25, 0.3) is 5.91 Å². The van der Waals surface area contributed by atoms with Crippen molar-refractivity contribution in [1.29, 1.82) is 0 Å². The standard InChI is InChI=1S/C17H18N4O3S2/c22-15(19-6-5-12-10-18-11-20-12)4-1-7-21-16(23)14(26-17(21)25)9-13-3-2-8-24-13/h2-3,8-11H,1,4-7H2,(H,18,20)(H,19,22). The fraction of sp³-hybridized carbons (Fsp3) is 0.294. The van der Waals surface area contributed by atoms with Crippen LogP contribution in [0, 0.1) is 0 Å². The van der Waals surface area contributed by atoms with Gasteiger partial charge in [0.1, 0.15) is 10.1 Å². The highest BCUT2D eigenvalue weighted by Crippen LogP contribution is 2.32. The summed E-state index contributed by atoms with van der Waals surface area (Å²) >= 11 is 6.52. The molecule has 0 unspecified atom stereocenters. The van der Waals surface area contributed by atoms with Gasteiger partial charge in [-0.3, -0.25) is 14.5 Å². The molecule has 1 aliphatic heterocycles. The number of carbonyl (C=O) groups excluding carboxylic acids is 2. The number of H-pyrrole nitrogens is 1. The highest BCUT2D eigenvalue weighted by atomic mass is 32.2. The van der Waals surface area contributed by atoms with Gasteiger partial charge in [-0.15, -0.1) is 0 Å². The summed E-state index contributed by atoms with van der Waals surface area (Å²) in [6.07, 6.45) is 8.18. The first-order valence-corrected chi connectivity index (χ1v) is 9.39. The molecule has 136 valence electrons. The van der Waals surface area contributed by atoms with Gasteiger partial charge in [0, 0.05) is 43.9 Å². The van der Waals surface area contributed by atoms with Gasteiger partial charge in [-0.1, -0.05) is 24.0 Å². The zero-order valence-corrected chi connectivity index (χ0v) is 15.6. The summed E-state index contributed by atoms with van der Waals surface area (Å²) in [5.74, 6) is 0.430. The van der Waals surface area contributed by atoms with Gasteiger partial charge in [-0.25, -0.2) is 4.98 Å². The Labute approximate surface area is 160 Å². The molecule has 0 spiro atoms. The molecule has 1 fully saturated rings. The number of nitrogens with one attached hydrogen (secondary N) is 2. The molecule has 3 heterocycles. The third-order valence-electron chi connectivity index (χ3n) is 3.75. The summed E-state index contributed by atoms with van der Waals surface area (Å²) in [6.45, 7) is 0.974.